The third-order valence-corrected chi connectivity index (χ3v) is 10.5. The summed E-state index contributed by atoms with van der Waals surface area (Å²) in [6, 6.07) is 0. The Labute approximate surface area is 200 Å². The van der Waals surface area contributed by atoms with Gasteiger partial charge in [-0.1, -0.05) is 11.6 Å². The zero-order valence-electron chi connectivity index (χ0n) is 18.3. The molecule has 10 heteroatoms. The summed E-state index contributed by atoms with van der Waals surface area (Å²) in [4.78, 5) is 21.9. The van der Waals surface area contributed by atoms with E-state index in [1.54, 1.807) is 12.4 Å². The molecule has 1 saturated heterocycles. The predicted molar refractivity (Wildman–Crippen MR) is 125 cm³/mol. The first-order valence-corrected chi connectivity index (χ1v) is 13.6. The molecular weight excluding hydrogens is 460 g/mol. The predicted octanol–water partition coefficient (Wildman–Crippen LogP) is 2.85. The Morgan fingerprint density at radius 3 is 2.52 bits per heavy atom. The van der Waals surface area contributed by atoms with Crippen molar-refractivity contribution >= 4 is 34.2 Å². The lowest BCUT2D eigenvalue weighted by Gasteiger charge is -2.41. The Balaban J connectivity index is 1.14. The summed E-state index contributed by atoms with van der Waals surface area (Å²) < 4.78 is 13.0. The van der Waals surface area contributed by atoms with Crippen LogP contribution in [-0.4, -0.2) is 59.7 Å². The number of hydrogen-bond donors (Lipinski definition) is 2. The molecule has 33 heavy (non-hydrogen) atoms. The van der Waals surface area contributed by atoms with Crippen molar-refractivity contribution in [2.75, 3.05) is 29.9 Å². The molecule has 7 rings (SSSR count). The first-order valence-electron chi connectivity index (χ1n) is 12.0. The number of fused-ring (bicyclic) bond motifs is 4. The maximum Gasteiger partial charge on any atom is 0.227 e. The van der Waals surface area contributed by atoms with E-state index in [0.717, 1.165) is 74.0 Å². The van der Waals surface area contributed by atoms with E-state index in [2.05, 4.69) is 20.2 Å². The molecule has 0 aromatic carbocycles. The average molecular weight is 487 g/mol. The molecule has 5 aliphatic rings. The molecule has 0 amide bonds. The van der Waals surface area contributed by atoms with Crippen molar-refractivity contribution < 1.29 is 9.32 Å². The van der Waals surface area contributed by atoms with Crippen molar-refractivity contribution in [1.82, 2.24) is 19.9 Å². The Kier molecular flexibility index (Phi) is 4.56. The number of aliphatic hydroxyl groups excluding tert-OH is 1. The van der Waals surface area contributed by atoms with E-state index in [-0.39, 0.29) is 17.4 Å². The van der Waals surface area contributed by atoms with Crippen LogP contribution in [0.5, 0.6) is 0 Å². The number of nitrogens with one attached hydrogen (secondary N) is 1. The minimum Gasteiger partial charge on any atom is -0.394 e. The van der Waals surface area contributed by atoms with Crippen LogP contribution in [0.2, 0.25) is 5.02 Å². The second-order valence-electron chi connectivity index (χ2n) is 10.5. The molecular formula is C23H27ClN6O2S. The highest BCUT2D eigenvalue weighted by molar-refractivity contribution is 7.86. The zero-order chi connectivity index (χ0) is 22.3. The molecule has 2 aromatic heterocycles. The van der Waals surface area contributed by atoms with Gasteiger partial charge in [0, 0.05) is 42.6 Å². The molecule has 4 fully saturated rings. The average Bonchev–Trinajstić information content (AvgIpc) is 3.22. The molecule has 0 spiro atoms. The molecule has 2 aliphatic heterocycles. The summed E-state index contributed by atoms with van der Waals surface area (Å²) in [7, 11) is -1.05. The van der Waals surface area contributed by atoms with Crippen LogP contribution >= 0.6 is 11.6 Å². The number of anilines is 2. The maximum absolute atomic E-state index is 13.0. The van der Waals surface area contributed by atoms with Crippen molar-refractivity contribution in [3.63, 3.8) is 0 Å². The summed E-state index contributed by atoms with van der Waals surface area (Å²) in [6.07, 6.45) is 9.41. The van der Waals surface area contributed by atoms with Crippen LogP contribution in [0.3, 0.4) is 0 Å². The standard InChI is InChI=1S/C23H27ClN6O2S/c24-15-7-25-20(26-8-15)12-4-13-9-30(10-14(13)5-12)22-27-18-16-6-17(16)33(32)19(18)21(28-22)29-23(11-31)2-1-3-23/h7-8,12-14,16-17,31H,1-6,9-11H2,(H,27,28,29)/t12?,13?,14?,16?,17?,33-/m1/s1. The fraction of sp³-hybridized carbons (Fsp3) is 0.652. The lowest BCUT2D eigenvalue weighted by Crippen LogP contribution is -2.48. The normalized spacial score (nSPS) is 35.0. The van der Waals surface area contributed by atoms with Crippen LogP contribution in [0.4, 0.5) is 11.8 Å². The first kappa shape index (κ1) is 20.5. The van der Waals surface area contributed by atoms with E-state index >= 15 is 0 Å². The van der Waals surface area contributed by atoms with Gasteiger partial charge >= 0.3 is 0 Å². The van der Waals surface area contributed by atoms with Crippen molar-refractivity contribution in [1.29, 1.82) is 0 Å². The van der Waals surface area contributed by atoms with Crippen LogP contribution in [0.1, 0.15) is 61.9 Å². The van der Waals surface area contributed by atoms with Gasteiger partial charge in [-0.15, -0.1) is 0 Å². The number of aliphatic hydroxyl groups is 1. The largest absolute Gasteiger partial charge is 0.394 e. The van der Waals surface area contributed by atoms with E-state index in [1.807, 2.05) is 0 Å². The minimum absolute atomic E-state index is 0.0720. The molecule has 4 unspecified atom stereocenters. The Morgan fingerprint density at radius 2 is 1.88 bits per heavy atom. The SMILES string of the molecule is O=[S@]1c2c(NC3(CO)CCC3)nc(N3CC4CC(c5ncc(Cl)cn5)CC4C3)nc2C2CC21. The van der Waals surface area contributed by atoms with Crippen molar-refractivity contribution in [2.45, 2.75) is 66.0 Å². The number of hydrogen-bond acceptors (Lipinski definition) is 8. The lowest BCUT2D eigenvalue weighted by atomic mass is 9.77. The fourth-order valence-electron chi connectivity index (χ4n) is 6.36. The smallest absolute Gasteiger partial charge is 0.227 e. The van der Waals surface area contributed by atoms with Crippen LogP contribution in [-0.2, 0) is 10.8 Å². The zero-order valence-corrected chi connectivity index (χ0v) is 19.9. The third kappa shape index (κ3) is 3.22. The molecule has 2 aromatic rings. The number of aromatic nitrogens is 4. The summed E-state index contributed by atoms with van der Waals surface area (Å²) in [5.41, 5.74) is 0.645. The number of halogens is 1. The molecule has 0 bridgehead atoms. The topological polar surface area (TPSA) is 104 Å². The molecule has 5 atom stereocenters. The second-order valence-corrected chi connectivity index (χ2v) is 12.6. The van der Waals surface area contributed by atoms with E-state index in [1.165, 1.54) is 0 Å². The van der Waals surface area contributed by atoms with Gasteiger partial charge in [0.15, 0.2) is 0 Å². The van der Waals surface area contributed by atoms with Gasteiger partial charge < -0.3 is 15.3 Å². The quantitative estimate of drug-likeness (QED) is 0.664. The van der Waals surface area contributed by atoms with E-state index in [0.29, 0.717) is 34.5 Å². The van der Waals surface area contributed by atoms with E-state index < -0.39 is 10.8 Å². The van der Waals surface area contributed by atoms with Crippen LogP contribution in [0.25, 0.3) is 0 Å². The summed E-state index contributed by atoms with van der Waals surface area (Å²) in [6.45, 7) is 1.92. The Morgan fingerprint density at radius 1 is 1.15 bits per heavy atom. The van der Waals surface area contributed by atoms with Gasteiger partial charge in [-0.2, -0.15) is 4.98 Å². The minimum atomic E-state index is -1.05. The maximum atomic E-state index is 13.0. The highest BCUT2D eigenvalue weighted by atomic mass is 35.5. The molecule has 174 valence electrons. The molecule has 0 radical (unpaired) electrons. The van der Waals surface area contributed by atoms with Gasteiger partial charge in [0.2, 0.25) is 5.95 Å². The summed E-state index contributed by atoms with van der Waals surface area (Å²) in [5, 5.41) is 14.3. The van der Waals surface area contributed by atoms with E-state index in [4.69, 9.17) is 21.6 Å². The van der Waals surface area contributed by atoms with E-state index in [9.17, 15) is 9.32 Å². The van der Waals surface area contributed by atoms with Crippen molar-refractivity contribution in [3.8, 4) is 0 Å². The third-order valence-electron chi connectivity index (χ3n) is 8.48. The van der Waals surface area contributed by atoms with Gasteiger partial charge in [-0.3, -0.25) is 4.21 Å². The molecule has 8 nitrogen and oxygen atoms in total. The monoisotopic (exact) mass is 486 g/mol. The summed E-state index contributed by atoms with van der Waals surface area (Å²) in [5.74, 6) is 4.18. The van der Waals surface area contributed by atoms with Gasteiger partial charge in [-0.05, 0) is 50.4 Å². The first-order chi connectivity index (χ1) is 16.0. The highest BCUT2D eigenvalue weighted by Crippen LogP contribution is 2.56. The molecule has 2 N–H and O–H groups in total. The lowest BCUT2D eigenvalue weighted by molar-refractivity contribution is 0.143. The van der Waals surface area contributed by atoms with Gasteiger partial charge in [0.25, 0.3) is 0 Å². The summed E-state index contributed by atoms with van der Waals surface area (Å²) >= 11 is 5.95. The molecule has 3 aliphatic carbocycles. The van der Waals surface area contributed by atoms with Gasteiger partial charge in [-0.25, -0.2) is 15.0 Å². The van der Waals surface area contributed by atoms with Crippen LogP contribution < -0.4 is 10.2 Å². The fourth-order valence-corrected chi connectivity index (χ4v) is 8.26. The second kappa shape index (κ2) is 7.33. The molecule has 3 saturated carbocycles. The highest BCUT2D eigenvalue weighted by Gasteiger charge is 2.55. The van der Waals surface area contributed by atoms with Crippen molar-refractivity contribution in [3.05, 3.63) is 28.9 Å². The van der Waals surface area contributed by atoms with Crippen LogP contribution in [0, 0.1) is 11.8 Å². The van der Waals surface area contributed by atoms with Gasteiger partial charge in [0.1, 0.15) is 16.5 Å². The molecule has 4 heterocycles. The Hall–Kier alpha value is -1.84. The van der Waals surface area contributed by atoms with Crippen molar-refractivity contribution in [2.24, 2.45) is 11.8 Å². The van der Waals surface area contributed by atoms with Gasteiger partial charge in [0.05, 0.1) is 33.7 Å². The number of nitrogens with zero attached hydrogens (tertiary/aromatic N) is 5. The Bertz CT molecular complexity index is 1120. The van der Waals surface area contributed by atoms with Crippen LogP contribution in [0.15, 0.2) is 17.3 Å². The number of rotatable bonds is 5.